The molecular weight excluding hydrogens is 310 g/mol. The normalized spacial score (nSPS) is 21.1. The maximum absolute atomic E-state index is 12.7. The molecule has 3 rings (SSSR count). The van der Waals surface area contributed by atoms with Crippen molar-refractivity contribution in [3.05, 3.63) is 35.9 Å². The number of hydrogen-bond donors (Lipinski definition) is 1. The van der Waals surface area contributed by atoms with Crippen LogP contribution in [-0.2, 0) is 6.54 Å². The SMILES string of the molecule is CCC(NC(=O)N1CCN(Cc2ccccc2)CC1)C1CCCCC1. The van der Waals surface area contributed by atoms with Crippen LogP contribution < -0.4 is 5.32 Å². The molecule has 0 aromatic heterocycles. The molecule has 1 saturated carbocycles. The van der Waals surface area contributed by atoms with Crippen molar-refractivity contribution in [3.8, 4) is 0 Å². The van der Waals surface area contributed by atoms with Gasteiger partial charge in [-0.2, -0.15) is 0 Å². The highest BCUT2D eigenvalue weighted by Gasteiger charge is 2.27. The Bertz CT molecular complexity index is 519. The van der Waals surface area contributed by atoms with E-state index in [2.05, 4.69) is 47.5 Å². The Morgan fingerprint density at radius 2 is 1.76 bits per heavy atom. The van der Waals surface area contributed by atoms with E-state index < -0.39 is 0 Å². The number of hydrogen-bond acceptors (Lipinski definition) is 2. The lowest BCUT2D eigenvalue weighted by Gasteiger charge is -2.37. The second-order valence-electron chi connectivity index (χ2n) is 7.61. The first-order valence-electron chi connectivity index (χ1n) is 10.1. The standard InChI is InChI=1S/C21H33N3O/c1-2-20(19-11-7-4-8-12-19)22-21(25)24-15-13-23(14-16-24)17-18-9-5-3-6-10-18/h3,5-6,9-10,19-20H,2,4,7-8,11-17H2,1H3,(H,22,25). The van der Waals surface area contributed by atoms with Gasteiger partial charge >= 0.3 is 6.03 Å². The summed E-state index contributed by atoms with van der Waals surface area (Å²) in [4.78, 5) is 17.1. The monoisotopic (exact) mass is 343 g/mol. The number of nitrogens with zero attached hydrogens (tertiary/aromatic N) is 2. The van der Waals surface area contributed by atoms with E-state index in [9.17, 15) is 4.79 Å². The van der Waals surface area contributed by atoms with E-state index in [-0.39, 0.29) is 6.03 Å². The van der Waals surface area contributed by atoms with Crippen molar-refractivity contribution in [2.24, 2.45) is 5.92 Å². The molecule has 2 fully saturated rings. The smallest absolute Gasteiger partial charge is 0.317 e. The second kappa shape index (κ2) is 9.23. The third-order valence-corrected chi connectivity index (χ3v) is 5.88. The average molecular weight is 344 g/mol. The van der Waals surface area contributed by atoms with Gasteiger partial charge < -0.3 is 10.2 Å². The molecule has 0 radical (unpaired) electrons. The second-order valence-corrected chi connectivity index (χ2v) is 7.61. The minimum absolute atomic E-state index is 0.150. The first-order valence-corrected chi connectivity index (χ1v) is 10.1. The predicted molar refractivity (Wildman–Crippen MR) is 102 cm³/mol. The lowest BCUT2D eigenvalue weighted by atomic mass is 9.83. The molecule has 1 aromatic carbocycles. The van der Waals surface area contributed by atoms with E-state index in [0.29, 0.717) is 12.0 Å². The Morgan fingerprint density at radius 3 is 2.40 bits per heavy atom. The van der Waals surface area contributed by atoms with Crippen LogP contribution in [0, 0.1) is 5.92 Å². The number of nitrogens with one attached hydrogen (secondary N) is 1. The topological polar surface area (TPSA) is 35.6 Å². The molecule has 1 aromatic rings. The highest BCUT2D eigenvalue weighted by atomic mass is 16.2. The summed E-state index contributed by atoms with van der Waals surface area (Å²) in [7, 11) is 0. The molecule has 1 aliphatic heterocycles. The summed E-state index contributed by atoms with van der Waals surface area (Å²) in [5.74, 6) is 0.682. The summed E-state index contributed by atoms with van der Waals surface area (Å²) in [6, 6.07) is 11.1. The molecule has 2 aliphatic rings. The number of piperazine rings is 1. The van der Waals surface area contributed by atoms with Crippen LogP contribution in [0.5, 0.6) is 0 Å². The highest BCUT2D eigenvalue weighted by molar-refractivity contribution is 5.74. The Labute approximate surface area is 152 Å². The van der Waals surface area contributed by atoms with Crippen LogP contribution in [-0.4, -0.2) is 48.1 Å². The Hall–Kier alpha value is -1.55. The summed E-state index contributed by atoms with van der Waals surface area (Å²) in [6.45, 7) is 6.78. The van der Waals surface area contributed by atoms with Crippen LogP contribution in [0.2, 0.25) is 0 Å². The molecule has 138 valence electrons. The zero-order valence-corrected chi connectivity index (χ0v) is 15.6. The van der Waals surface area contributed by atoms with E-state index in [0.717, 1.165) is 39.1 Å². The number of amides is 2. The molecule has 0 spiro atoms. The molecule has 1 unspecified atom stereocenters. The summed E-state index contributed by atoms with van der Waals surface area (Å²) in [5.41, 5.74) is 1.35. The zero-order chi connectivity index (χ0) is 17.5. The van der Waals surface area contributed by atoms with Crippen LogP contribution in [0.1, 0.15) is 51.0 Å². The number of urea groups is 1. The van der Waals surface area contributed by atoms with Crippen LogP contribution in [0.25, 0.3) is 0 Å². The van der Waals surface area contributed by atoms with Gasteiger partial charge in [-0.05, 0) is 30.7 Å². The van der Waals surface area contributed by atoms with E-state index in [1.54, 1.807) is 0 Å². The maximum atomic E-state index is 12.7. The van der Waals surface area contributed by atoms with E-state index in [1.165, 1.54) is 37.7 Å². The third-order valence-electron chi connectivity index (χ3n) is 5.88. The van der Waals surface area contributed by atoms with Gasteiger partial charge in [0.05, 0.1) is 0 Å². The molecule has 4 nitrogen and oxygen atoms in total. The van der Waals surface area contributed by atoms with Crippen LogP contribution in [0.15, 0.2) is 30.3 Å². The first-order chi connectivity index (χ1) is 12.3. The number of carbonyl (C=O) groups is 1. The molecule has 2 amide bonds. The van der Waals surface area contributed by atoms with Gasteiger partial charge in [-0.15, -0.1) is 0 Å². The summed E-state index contributed by atoms with van der Waals surface area (Å²) < 4.78 is 0. The minimum atomic E-state index is 0.150. The van der Waals surface area contributed by atoms with Gasteiger partial charge in [0.15, 0.2) is 0 Å². The summed E-state index contributed by atoms with van der Waals surface area (Å²) in [6.07, 6.45) is 7.63. The summed E-state index contributed by atoms with van der Waals surface area (Å²) in [5, 5.41) is 3.34. The minimum Gasteiger partial charge on any atom is -0.335 e. The van der Waals surface area contributed by atoms with Crippen LogP contribution in [0.4, 0.5) is 4.79 Å². The van der Waals surface area contributed by atoms with Crippen molar-refractivity contribution in [2.75, 3.05) is 26.2 Å². The van der Waals surface area contributed by atoms with Crippen molar-refractivity contribution in [3.63, 3.8) is 0 Å². The van der Waals surface area contributed by atoms with Crippen molar-refractivity contribution in [1.29, 1.82) is 0 Å². The predicted octanol–water partition coefficient (Wildman–Crippen LogP) is 3.87. The Morgan fingerprint density at radius 1 is 1.08 bits per heavy atom. The van der Waals surface area contributed by atoms with Crippen molar-refractivity contribution in [1.82, 2.24) is 15.1 Å². The molecule has 1 heterocycles. The molecular formula is C21H33N3O. The fraction of sp³-hybridized carbons (Fsp3) is 0.667. The maximum Gasteiger partial charge on any atom is 0.317 e. The molecule has 1 saturated heterocycles. The largest absolute Gasteiger partial charge is 0.335 e. The Balaban J connectivity index is 1.44. The van der Waals surface area contributed by atoms with Crippen LogP contribution >= 0.6 is 0 Å². The lowest BCUT2D eigenvalue weighted by Crippen LogP contribution is -2.54. The van der Waals surface area contributed by atoms with Gasteiger partial charge in [-0.25, -0.2) is 4.79 Å². The average Bonchev–Trinajstić information content (AvgIpc) is 2.68. The lowest BCUT2D eigenvalue weighted by molar-refractivity contribution is 0.129. The van der Waals surface area contributed by atoms with Gasteiger partial charge in [0.1, 0.15) is 0 Å². The number of benzene rings is 1. The molecule has 1 atom stereocenters. The quantitative estimate of drug-likeness (QED) is 0.881. The van der Waals surface area contributed by atoms with Gasteiger partial charge in [-0.1, -0.05) is 56.5 Å². The van der Waals surface area contributed by atoms with Crippen molar-refractivity contribution >= 4 is 6.03 Å². The molecule has 25 heavy (non-hydrogen) atoms. The van der Waals surface area contributed by atoms with Crippen molar-refractivity contribution < 1.29 is 4.79 Å². The fourth-order valence-corrected chi connectivity index (χ4v) is 4.29. The van der Waals surface area contributed by atoms with Gasteiger partial charge in [0, 0.05) is 38.8 Å². The van der Waals surface area contributed by atoms with E-state index in [1.807, 2.05) is 4.90 Å². The Kier molecular flexibility index (Phi) is 6.74. The van der Waals surface area contributed by atoms with E-state index in [4.69, 9.17) is 0 Å². The number of carbonyl (C=O) groups excluding carboxylic acids is 1. The van der Waals surface area contributed by atoms with Gasteiger partial charge in [0.2, 0.25) is 0 Å². The molecule has 1 N–H and O–H groups in total. The first kappa shape index (κ1) is 18.2. The molecule has 4 heteroatoms. The van der Waals surface area contributed by atoms with E-state index >= 15 is 0 Å². The van der Waals surface area contributed by atoms with Crippen LogP contribution in [0.3, 0.4) is 0 Å². The van der Waals surface area contributed by atoms with Gasteiger partial charge in [-0.3, -0.25) is 4.90 Å². The fourth-order valence-electron chi connectivity index (χ4n) is 4.29. The zero-order valence-electron chi connectivity index (χ0n) is 15.6. The van der Waals surface area contributed by atoms with Gasteiger partial charge in [0.25, 0.3) is 0 Å². The number of rotatable bonds is 5. The molecule has 0 bridgehead atoms. The third kappa shape index (κ3) is 5.21. The summed E-state index contributed by atoms with van der Waals surface area (Å²) >= 11 is 0. The highest BCUT2D eigenvalue weighted by Crippen LogP contribution is 2.27. The molecule has 1 aliphatic carbocycles. The van der Waals surface area contributed by atoms with Crippen molar-refractivity contribution in [2.45, 2.75) is 58.0 Å².